The molecule has 0 saturated heterocycles. The van der Waals surface area contributed by atoms with Crippen LogP contribution in [0.2, 0.25) is 0 Å². The fourth-order valence-corrected chi connectivity index (χ4v) is 1.69. The SMILES string of the molecule is CC1=CCCc2ccc(F)cc21. The maximum Gasteiger partial charge on any atom is 0.123 e. The molecule has 1 aliphatic rings. The van der Waals surface area contributed by atoms with Crippen molar-refractivity contribution in [3.8, 4) is 0 Å². The molecule has 1 heteroatoms. The number of hydrogen-bond acceptors (Lipinski definition) is 0. The number of benzene rings is 1. The van der Waals surface area contributed by atoms with Gasteiger partial charge < -0.3 is 0 Å². The van der Waals surface area contributed by atoms with E-state index >= 15 is 0 Å². The summed E-state index contributed by atoms with van der Waals surface area (Å²) in [5.41, 5.74) is 3.56. The van der Waals surface area contributed by atoms with Crippen LogP contribution in [0.25, 0.3) is 5.57 Å². The van der Waals surface area contributed by atoms with Crippen molar-refractivity contribution in [3.63, 3.8) is 0 Å². The molecule has 0 unspecified atom stereocenters. The summed E-state index contributed by atoms with van der Waals surface area (Å²) in [5.74, 6) is -0.136. The van der Waals surface area contributed by atoms with Gasteiger partial charge in [0.2, 0.25) is 0 Å². The molecular formula is C11H11F. The van der Waals surface area contributed by atoms with Crippen molar-refractivity contribution in [2.24, 2.45) is 0 Å². The van der Waals surface area contributed by atoms with Crippen LogP contribution in [0, 0.1) is 5.82 Å². The summed E-state index contributed by atoms with van der Waals surface area (Å²) in [4.78, 5) is 0. The predicted molar refractivity (Wildman–Crippen MR) is 48.4 cm³/mol. The Bertz CT molecular complexity index is 337. The fraction of sp³-hybridized carbons (Fsp3) is 0.273. The van der Waals surface area contributed by atoms with Crippen LogP contribution in [-0.4, -0.2) is 0 Å². The summed E-state index contributed by atoms with van der Waals surface area (Å²) in [6, 6.07) is 5.05. The van der Waals surface area contributed by atoms with E-state index in [-0.39, 0.29) is 5.82 Å². The highest BCUT2D eigenvalue weighted by molar-refractivity contribution is 5.68. The summed E-state index contributed by atoms with van der Waals surface area (Å²) < 4.78 is 12.8. The molecule has 0 aliphatic heterocycles. The van der Waals surface area contributed by atoms with Gasteiger partial charge in [-0.25, -0.2) is 4.39 Å². The zero-order valence-electron chi connectivity index (χ0n) is 7.10. The Hall–Kier alpha value is -1.11. The molecule has 62 valence electrons. The van der Waals surface area contributed by atoms with Crippen molar-refractivity contribution in [3.05, 3.63) is 41.2 Å². The Labute approximate surface area is 71.7 Å². The number of rotatable bonds is 0. The van der Waals surface area contributed by atoms with Crippen LogP contribution >= 0.6 is 0 Å². The highest BCUT2D eigenvalue weighted by atomic mass is 19.1. The van der Waals surface area contributed by atoms with Gasteiger partial charge in [-0.2, -0.15) is 0 Å². The van der Waals surface area contributed by atoms with Gasteiger partial charge in [-0.1, -0.05) is 12.1 Å². The van der Waals surface area contributed by atoms with E-state index in [0.717, 1.165) is 18.4 Å². The van der Waals surface area contributed by atoms with E-state index in [1.165, 1.54) is 17.2 Å². The van der Waals surface area contributed by atoms with Gasteiger partial charge in [-0.05, 0) is 48.6 Å². The molecule has 2 rings (SSSR count). The van der Waals surface area contributed by atoms with E-state index in [4.69, 9.17) is 0 Å². The molecule has 0 bridgehead atoms. The molecule has 0 nitrogen and oxygen atoms in total. The maximum atomic E-state index is 12.8. The normalized spacial score (nSPS) is 15.3. The first kappa shape index (κ1) is 7.53. The summed E-state index contributed by atoms with van der Waals surface area (Å²) >= 11 is 0. The monoisotopic (exact) mass is 162 g/mol. The summed E-state index contributed by atoms with van der Waals surface area (Å²) in [6.45, 7) is 2.04. The average molecular weight is 162 g/mol. The third-order valence-corrected chi connectivity index (χ3v) is 2.36. The molecule has 0 radical (unpaired) electrons. The maximum absolute atomic E-state index is 12.8. The molecular weight excluding hydrogens is 151 g/mol. The molecule has 0 amide bonds. The van der Waals surface area contributed by atoms with Crippen LogP contribution in [0.4, 0.5) is 4.39 Å². The lowest BCUT2D eigenvalue weighted by molar-refractivity contribution is 0.626. The van der Waals surface area contributed by atoms with Crippen LogP contribution in [0.15, 0.2) is 24.3 Å². The van der Waals surface area contributed by atoms with Crippen molar-refractivity contribution in [1.29, 1.82) is 0 Å². The fourth-order valence-electron chi connectivity index (χ4n) is 1.69. The number of allylic oxidation sites excluding steroid dienone is 2. The smallest absolute Gasteiger partial charge is 0.123 e. The van der Waals surface area contributed by atoms with E-state index < -0.39 is 0 Å². The van der Waals surface area contributed by atoms with E-state index in [0.29, 0.717) is 0 Å². The number of hydrogen-bond donors (Lipinski definition) is 0. The second-order valence-corrected chi connectivity index (χ2v) is 3.23. The van der Waals surface area contributed by atoms with Gasteiger partial charge in [0.25, 0.3) is 0 Å². The van der Waals surface area contributed by atoms with Gasteiger partial charge in [0.05, 0.1) is 0 Å². The Morgan fingerprint density at radius 2 is 2.17 bits per heavy atom. The molecule has 0 N–H and O–H groups in total. The zero-order chi connectivity index (χ0) is 8.55. The Kier molecular flexibility index (Phi) is 1.72. The lowest BCUT2D eigenvalue weighted by atomic mass is 9.92. The van der Waals surface area contributed by atoms with E-state index in [1.54, 1.807) is 6.07 Å². The van der Waals surface area contributed by atoms with Gasteiger partial charge >= 0.3 is 0 Å². The van der Waals surface area contributed by atoms with E-state index in [1.807, 2.05) is 13.0 Å². The summed E-state index contributed by atoms with van der Waals surface area (Å²) in [6.07, 6.45) is 4.30. The highest BCUT2D eigenvalue weighted by Gasteiger charge is 2.09. The number of aryl methyl sites for hydroxylation is 1. The summed E-state index contributed by atoms with van der Waals surface area (Å²) in [7, 11) is 0. The van der Waals surface area contributed by atoms with Crippen LogP contribution in [0.1, 0.15) is 24.5 Å². The third kappa shape index (κ3) is 1.15. The van der Waals surface area contributed by atoms with Crippen LogP contribution in [-0.2, 0) is 6.42 Å². The molecule has 1 aromatic carbocycles. The van der Waals surface area contributed by atoms with Gasteiger partial charge in [0.1, 0.15) is 5.82 Å². The Morgan fingerprint density at radius 3 is 3.00 bits per heavy atom. The predicted octanol–water partition coefficient (Wildman–Crippen LogP) is 3.18. The molecule has 0 spiro atoms. The Balaban J connectivity index is 2.58. The minimum atomic E-state index is -0.136. The van der Waals surface area contributed by atoms with Crippen molar-refractivity contribution >= 4 is 5.57 Å². The molecule has 12 heavy (non-hydrogen) atoms. The third-order valence-electron chi connectivity index (χ3n) is 2.36. The van der Waals surface area contributed by atoms with Crippen LogP contribution in [0.5, 0.6) is 0 Å². The molecule has 0 aromatic heterocycles. The van der Waals surface area contributed by atoms with Gasteiger partial charge in [0, 0.05) is 0 Å². The molecule has 0 fully saturated rings. The second kappa shape index (κ2) is 2.74. The first-order chi connectivity index (χ1) is 5.77. The van der Waals surface area contributed by atoms with Crippen molar-refractivity contribution in [2.45, 2.75) is 19.8 Å². The standard InChI is InChI=1S/C11H11F/c1-8-3-2-4-9-5-6-10(12)7-11(8)9/h3,5-7H,2,4H2,1H3. The van der Waals surface area contributed by atoms with Gasteiger partial charge in [-0.3, -0.25) is 0 Å². The Morgan fingerprint density at radius 1 is 1.33 bits per heavy atom. The van der Waals surface area contributed by atoms with E-state index in [9.17, 15) is 4.39 Å². The van der Waals surface area contributed by atoms with Gasteiger partial charge in [0.15, 0.2) is 0 Å². The second-order valence-electron chi connectivity index (χ2n) is 3.23. The number of halogens is 1. The molecule has 1 aromatic rings. The first-order valence-electron chi connectivity index (χ1n) is 4.23. The van der Waals surface area contributed by atoms with Crippen molar-refractivity contribution in [1.82, 2.24) is 0 Å². The van der Waals surface area contributed by atoms with Crippen molar-refractivity contribution < 1.29 is 4.39 Å². The van der Waals surface area contributed by atoms with Crippen LogP contribution in [0.3, 0.4) is 0 Å². The molecule has 0 saturated carbocycles. The largest absolute Gasteiger partial charge is 0.207 e. The first-order valence-corrected chi connectivity index (χ1v) is 4.23. The van der Waals surface area contributed by atoms with Gasteiger partial charge in [-0.15, -0.1) is 0 Å². The molecule has 0 atom stereocenters. The molecule has 0 heterocycles. The highest BCUT2D eigenvalue weighted by Crippen LogP contribution is 2.26. The van der Waals surface area contributed by atoms with Crippen molar-refractivity contribution in [2.75, 3.05) is 0 Å². The lowest BCUT2D eigenvalue weighted by Crippen LogP contribution is -1.98. The quantitative estimate of drug-likeness (QED) is 0.549. The number of fused-ring (bicyclic) bond motifs is 1. The topological polar surface area (TPSA) is 0 Å². The van der Waals surface area contributed by atoms with E-state index in [2.05, 4.69) is 6.08 Å². The van der Waals surface area contributed by atoms with Crippen LogP contribution < -0.4 is 0 Å². The minimum Gasteiger partial charge on any atom is -0.207 e. The zero-order valence-corrected chi connectivity index (χ0v) is 7.10. The summed E-state index contributed by atoms with van der Waals surface area (Å²) in [5, 5.41) is 0. The average Bonchev–Trinajstić information content (AvgIpc) is 2.07. The minimum absolute atomic E-state index is 0.136. The lowest BCUT2D eigenvalue weighted by Gasteiger charge is -2.14. The molecule has 1 aliphatic carbocycles.